The number of rotatable bonds is 2. The molecule has 0 radical (unpaired) electrons. The van der Waals surface area contributed by atoms with Crippen LogP contribution in [0.1, 0.15) is 52.7 Å². The van der Waals surface area contributed by atoms with Gasteiger partial charge in [-0.1, -0.05) is 59.7 Å². The molecule has 0 bridgehead atoms. The maximum atomic E-state index is 10.9. The summed E-state index contributed by atoms with van der Waals surface area (Å²) in [6.07, 6.45) is 0.921. The number of fused-ring (bicyclic) bond motifs is 1. The molecule has 1 heterocycles. The maximum Gasteiger partial charge on any atom is 0.146 e. The fourth-order valence-electron chi connectivity index (χ4n) is 3.08. The van der Waals surface area contributed by atoms with Gasteiger partial charge >= 0.3 is 0 Å². The topological polar surface area (TPSA) is 50.9 Å². The zero-order chi connectivity index (χ0) is 18.4. The van der Waals surface area contributed by atoms with Crippen molar-refractivity contribution >= 4 is 11.0 Å². The van der Waals surface area contributed by atoms with E-state index in [0.29, 0.717) is 5.69 Å². The number of benzene rings is 2. The van der Waals surface area contributed by atoms with Gasteiger partial charge in [0.1, 0.15) is 22.5 Å². The first kappa shape index (κ1) is 17.5. The molecule has 0 saturated carbocycles. The molecule has 132 valence electrons. The van der Waals surface area contributed by atoms with Crippen molar-refractivity contribution in [2.45, 2.75) is 53.4 Å². The molecule has 0 aliphatic heterocycles. The number of aromatic nitrogens is 3. The number of aromatic hydroxyl groups is 1. The SMILES string of the molecule is CC(C)(C)Cc1cc(-n2nc3ccccc3n2)c(O)c(C(C)(C)C)c1. The van der Waals surface area contributed by atoms with Gasteiger partial charge in [-0.05, 0) is 41.0 Å². The lowest BCUT2D eigenvalue weighted by Gasteiger charge is -2.25. The highest BCUT2D eigenvalue weighted by atomic mass is 16.3. The Morgan fingerprint density at radius 1 is 0.920 bits per heavy atom. The summed E-state index contributed by atoms with van der Waals surface area (Å²) in [5, 5.41) is 20.0. The van der Waals surface area contributed by atoms with Crippen molar-refractivity contribution in [3.8, 4) is 11.4 Å². The van der Waals surface area contributed by atoms with Crippen LogP contribution in [0.5, 0.6) is 5.75 Å². The summed E-state index contributed by atoms with van der Waals surface area (Å²) >= 11 is 0. The molecule has 0 atom stereocenters. The third-order valence-corrected chi connectivity index (χ3v) is 4.19. The van der Waals surface area contributed by atoms with Gasteiger partial charge in [0.15, 0.2) is 0 Å². The van der Waals surface area contributed by atoms with Crippen LogP contribution in [-0.2, 0) is 11.8 Å². The van der Waals surface area contributed by atoms with Crippen LogP contribution in [0, 0.1) is 5.41 Å². The highest BCUT2D eigenvalue weighted by molar-refractivity contribution is 5.73. The third kappa shape index (κ3) is 3.68. The van der Waals surface area contributed by atoms with Crippen molar-refractivity contribution < 1.29 is 5.11 Å². The van der Waals surface area contributed by atoms with Gasteiger partial charge in [0.05, 0.1) is 0 Å². The lowest BCUT2D eigenvalue weighted by Crippen LogP contribution is -2.16. The minimum absolute atomic E-state index is 0.158. The first-order valence-corrected chi connectivity index (χ1v) is 8.73. The van der Waals surface area contributed by atoms with Gasteiger partial charge in [-0.2, -0.15) is 0 Å². The molecular weight excluding hydrogens is 310 g/mol. The van der Waals surface area contributed by atoms with E-state index in [1.165, 1.54) is 5.56 Å². The summed E-state index contributed by atoms with van der Waals surface area (Å²) in [5.74, 6) is 0.255. The highest BCUT2D eigenvalue weighted by Gasteiger charge is 2.24. The normalized spacial score (nSPS) is 12.7. The molecule has 25 heavy (non-hydrogen) atoms. The van der Waals surface area contributed by atoms with Crippen molar-refractivity contribution in [1.29, 1.82) is 0 Å². The van der Waals surface area contributed by atoms with Crippen molar-refractivity contribution in [3.63, 3.8) is 0 Å². The van der Waals surface area contributed by atoms with Crippen LogP contribution in [0.3, 0.4) is 0 Å². The van der Waals surface area contributed by atoms with Crippen LogP contribution in [0.25, 0.3) is 16.7 Å². The van der Waals surface area contributed by atoms with Crippen molar-refractivity contribution in [3.05, 3.63) is 47.5 Å². The molecule has 1 N–H and O–H groups in total. The summed E-state index contributed by atoms with van der Waals surface area (Å²) in [5.41, 5.74) is 4.38. The van der Waals surface area contributed by atoms with Crippen LogP contribution < -0.4 is 0 Å². The van der Waals surface area contributed by atoms with Crippen molar-refractivity contribution in [2.75, 3.05) is 0 Å². The van der Waals surface area contributed by atoms with E-state index in [9.17, 15) is 5.11 Å². The molecule has 3 aromatic rings. The van der Waals surface area contributed by atoms with Crippen LogP contribution in [-0.4, -0.2) is 20.1 Å². The lowest BCUT2D eigenvalue weighted by molar-refractivity contribution is 0.407. The Kier molecular flexibility index (Phi) is 4.10. The predicted molar refractivity (Wildman–Crippen MR) is 102 cm³/mol. The smallest absolute Gasteiger partial charge is 0.146 e. The molecule has 0 spiro atoms. The second-order valence-corrected chi connectivity index (χ2v) is 8.98. The van der Waals surface area contributed by atoms with Gasteiger partial charge < -0.3 is 5.11 Å². The minimum Gasteiger partial charge on any atom is -0.505 e. The van der Waals surface area contributed by atoms with E-state index in [2.05, 4.69) is 57.8 Å². The minimum atomic E-state index is -0.167. The molecular formula is C21H27N3O. The number of phenols is 1. The average Bonchev–Trinajstić information content (AvgIpc) is 2.89. The Labute approximate surface area is 149 Å². The van der Waals surface area contributed by atoms with Crippen molar-refractivity contribution in [2.24, 2.45) is 5.41 Å². The van der Waals surface area contributed by atoms with E-state index in [0.717, 1.165) is 23.0 Å². The second kappa shape index (κ2) is 5.87. The van der Waals surface area contributed by atoms with E-state index in [1.807, 2.05) is 30.3 Å². The average molecular weight is 337 g/mol. The lowest BCUT2D eigenvalue weighted by atomic mass is 9.82. The fourth-order valence-corrected chi connectivity index (χ4v) is 3.08. The molecule has 2 aromatic carbocycles. The molecule has 0 aliphatic carbocycles. The molecule has 3 rings (SSSR count). The largest absolute Gasteiger partial charge is 0.505 e. The molecule has 0 amide bonds. The number of nitrogens with zero attached hydrogens (tertiary/aromatic N) is 3. The van der Waals surface area contributed by atoms with E-state index in [-0.39, 0.29) is 16.6 Å². The molecule has 4 nitrogen and oxygen atoms in total. The predicted octanol–water partition coefficient (Wildman–Crippen LogP) is 5.01. The Balaban J connectivity index is 2.21. The van der Waals surface area contributed by atoms with Crippen LogP contribution in [0.4, 0.5) is 0 Å². The van der Waals surface area contributed by atoms with Gasteiger partial charge in [-0.25, -0.2) is 0 Å². The summed E-state index contributed by atoms with van der Waals surface area (Å²) in [7, 11) is 0. The Morgan fingerprint density at radius 2 is 1.48 bits per heavy atom. The van der Waals surface area contributed by atoms with E-state index < -0.39 is 0 Å². The standard InChI is InChI=1S/C21H27N3O/c1-20(2,3)13-14-11-15(21(4,5)6)19(25)18(12-14)24-22-16-9-7-8-10-17(16)23-24/h7-12,25H,13H2,1-6H3. The van der Waals surface area contributed by atoms with Crippen molar-refractivity contribution in [1.82, 2.24) is 15.0 Å². The molecule has 0 aliphatic rings. The molecule has 1 aromatic heterocycles. The maximum absolute atomic E-state index is 10.9. The monoisotopic (exact) mass is 337 g/mol. The third-order valence-electron chi connectivity index (χ3n) is 4.19. The van der Waals surface area contributed by atoms with E-state index in [1.54, 1.807) is 4.80 Å². The summed E-state index contributed by atoms with van der Waals surface area (Å²) in [4.78, 5) is 1.56. The van der Waals surface area contributed by atoms with Gasteiger partial charge in [-0.15, -0.1) is 15.0 Å². The van der Waals surface area contributed by atoms with Gasteiger partial charge in [-0.3, -0.25) is 0 Å². The zero-order valence-corrected chi connectivity index (χ0v) is 16.0. The van der Waals surface area contributed by atoms with Crippen LogP contribution in [0.15, 0.2) is 36.4 Å². The Bertz CT molecular complexity index is 878. The first-order chi connectivity index (χ1) is 11.5. The Hall–Kier alpha value is -2.36. The van der Waals surface area contributed by atoms with Gasteiger partial charge in [0, 0.05) is 5.56 Å². The molecule has 0 saturated heterocycles. The quantitative estimate of drug-likeness (QED) is 0.715. The molecule has 4 heteroatoms. The van der Waals surface area contributed by atoms with Gasteiger partial charge in [0.2, 0.25) is 0 Å². The van der Waals surface area contributed by atoms with Crippen LogP contribution >= 0.6 is 0 Å². The summed E-state index contributed by atoms with van der Waals surface area (Å²) in [6, 6.07) is 11.9. The first-order valence-electron chi connectivity index (χ1n) is 8.73. The summed E-state index contributed by atoms with van der Waals surface area (Å²) in [6.45, 7) is 13.0. The number of hydrogen-bond donors (Lipinski definition) is 1. The van der Waals surface area contributed by atoms with Crippen LogP contribution in [0.2, 0.25) is 0 Å². The highest BCUT2D eigenvalue weighted by Crippen LogP contribution is 2.37. The van der Waals surface area contributed by atoms with Gasteiger partial charge in [0.25, 0.3) is 0 Å². The Morgan fingerprint density at radius 3 is 1.96 bits per heavy atom. The summed E-state index contributed by atoms with van der Waals surface area (Å²) < 4.78 is 0. The molecule has 0 fully saturated rings. The number of phenolic OH excluding ortho intramolecular Hbond substituents is 1. The van der Waals surface area contributed by atoms with E-state index >= 15 is 0 Å². The molecule has 0 unspecified atom stereocenters. The second-order valence-electron chi connectivity index (χ2n) is 8.98. The fraction of sp³-hybridized carbons (Fsp3) is 0.429. The van der Waals surface area contributed by atoms with E-state index in [4.69, 9.17) is 0 Å². The zero-order valence-electron chi connectivity index (χ0n) is 16.0. The number of hydrogen-bond acceptors (Lipinski definition) is 3.